The van der Waals surface area contributed by atoms with E-state index in [0.717, 1.165) is 24.2 Å². The highest BCUT2D eigenvalue weighted by atomic mass is 32.1. The van der Waals surface area contributed by atoms with E-state index in [4.69, 9.17) is 0 Å². The third kappa shape index (κ3) is 4.19. The van der Waals surface area contributed by atoms with Gasteiger partial charge in [-0.2, -0.15) is 0 Å². The molecule has 1 aromatic heterocycles. The summed E-state index contributed by atoms with van der Waals surface area (Å²) in [5.41, 5.74) is 0. The lowest BCUT2D eigenvalue weighted by Gasteiger charge is -2.32. The van der Waals surface area contributed by atoms with E-state index in [1.807, 2.05) is 0 Å². The smallest absolute Gasteiger partial charge is 0.325 e. The van der Waals surface area contributed by atoms with Crippen LogP contribution in [0.2, 0.25) is 0 Å². The van der Waals surface area contributed by atoms with Crippen molar-refractivity contribution in [3.8, 4) is 0 Å². The van der Waals surface area contributed by atoms with Crippen molar-refractivity contribution in [2.75, 3.05) is 19.6 Å². The van der Waals surface area contributed by atoms with Crippen LogP contribution in [-0.2, 0) is 14.4 Å². The first-order valence-corrected chi connectivity index (χ1v) is 8.78. The third-order valence-corrected chi connectivity index (χ3v) is 4.74. The maximum absolute atomic E-state index is 12.2. The van der Waals surface area contributed by atoms with Gasteiger partial charge in [-0.1, -0.05) is 25.8 Å². The summed E-state index contributed by atoms with van der Waals surface area (Å²) < 4.78 is 0. The van der Waals surface area contributed by atoms with Gasteiger partial charge in [0.1, 0.15) is 6.04 Å². The average molecular weight is 350 g/mol. The van der Waals surface area contributed by atoms with E-state index >= 15 is 0 Å². The first-order chi connectivity index (χ1) is 11.6. The lowest BCUT2D eigenvalue weighted by Crippen LogP contribution is -2.58. The van der Waals surface area contributed by atoms with Gasteiger partial charge < -0.3 is 10.2 Å². The molecule has 129 valence electrons. The molecule has 24 heavy (non-hydrogen) atoms. The third-order valence-electron chi connectivity index (χ3n) is 3.80. The molecule has 1 aromatic rings. The van der Waals surface area contributed by atoms with Gasteiger partial charge in [0, 0.05) is 24.5 Å². The Morgan fingerprint density at radius 1 is 1.33 bits per heavy atom. The molecule has 1 aliphatic rings. The van der Waals surface area contributed by atoms with Crippen molar-refractivity contribution in [2.24, 2.45) is 0 Å². The molecule has 1 unspecified atom stereocenters. The normalized spacial score (nSPS) is 16.2. The van der Waals surface area contributed by atoms with Crippen molar-refractivity contribution in [3.05, 3.63) is 22.4 Å². The van der Waals surface area contributed by atoms with Crippen molar-refractivity contribution in [2.45, 2.75) is 32.2 Å². The topological polar surface area (TPSA) is 86.8 Å². The second-order valence-electron chi connectivity index (χ2n) is 5.47. The second kappa shape index (κ2) is 8.58. The Morgan fingerprint density at radius 3 is 2.75 bits per heavy atom. The van der Waals surface area contributed by atoms with Crippen LogP contribution in [0.4, 0.5) is 4.79 Å². The van der Waals surface area contributed by atoms with Crippen LogP contribution in [0.3, 0.4) is 0 Å². The summed E-state index contributed by atoms with van der Waals surface area (Å²) >= 11 is 1.30. The fraction of sp³-hybridized carbons (Fsp3) is 0.500. The Balaban J connectivity index is 1.95. The molecule has 1 saturated heterocycles. The van der Waals surface area contributed by atoms with Gasteiger partial charge >= 0.3 is 17.8 Å². The van der Waals surface area contributed by atoms with E-state index in [0.29, 0.717) is 18.0 Å². The number of carbonyl (C=O) groups excluding carboxylic acids is 4. The molecule has 7 nitrogen and oxygen atoms in total. The van der Waals surface area contributed by atoms with Crippen LogP contribution in [0.15, 0.2) is 17.5 Å². The molecule has 8 heteroatoms. The number of amides is 4. The largest absolute Gasteiger partial charge is 0.333 e. The van der Waals surface area contributed by atoms with Gasteiger partial charge in [0.2, 0.25) is 6.29 Å². The summed E-state index contributed by atoms with van der Waals surface area (Å²) in [5, 5.41) is 4.21. The zero-order valence-corrected chi connectivity index (χ0v) is 14.3. The molecule has 0 bridgehead atoms. The average Bonchev–Trinajstić information content (AvgIpc) is 3.11. The van der Waals surface area contributed by atoms with Crippen LogP contribution in [0.25, 0.3) is 0 Å². The molecule has 0 aliphatic carbocycles. The number of carbonyl (C=O) groups is 3. The van der Waals surface area contributed by atoms with Crippen molar-refractivity contribution in [3.63, 3.8) is 0 Å². The molecule has 2 rings (SSSR count). The molecular formula is C16H20N3O4S. The zero-order valence-electron chi connectivity index (χ0n) is 13.5. The molecule has 1 aliphatic heterocycles. The summed E-state index contributed by atoms with van der Waals surface area (Å²) in [4.78, 5) is 50.5. The van der Waals surface area contributed by atoms with Crippen LogP contribution in [0, 0.1) is 0 Å². The number of hydrogen-bond acceptors (Lipinski definition) is 5. The molecule has 1 fully saturated rings. The SMILES string of the molecule is CCCCCN1CCN(C(=O)NC([C]=O)c2cccs2)C(=O)C1=O. The summed E-state index contributed by atoms with van der Waals surface area (Å²) in [6, 6.07) is 1.76. The Morgan fingerprint density at radius 2 is 2.12 bits per heavy atom. The highest BCUT2D eigenvalue weighted by Gasteiger charge is 2.36. The molecule has 0 spiro atoms. The number of hydrogen-bond donors (Lipinski definition) is 1. The highest BCUT2D eigenvalue weighted by molar-refractivity contribution is 7.10. The standard InChI is InChI=1S/C16H20N3O4S/c1-2-3-4-7-18-8-9-19(15(22)14(18)21)16(23)17-12(11-20)13-6-5-10-24-13/h5-6,10,12H,2-4,7-9H2,1H3,(H,17,23). The first kappa shape index (κ1) is 18.1. The highest BCUT2D eigenvalue weighted by Crippen LogP contribution is 2.18. The van der Waals surface area contributed by atoms with E-state index in [-0.39, 0.29) is 6.54 Å². The predicted molar refractivity (Wildman–Crippen MR) is 89.1 cm³/mol. The number of nitrogens with one attached hydrogen (secondary N) is 1. The summed E-state index contributed by atoms with van der Waals surface area (Å²) in [6.07, 6.45) is 4.58. The monoisotopic (exact) mass is 350 g/mol. The molecule has 1 N–H and O–H groups in total. The van der Waals surface area contributed by atoms with E-state index in [9.17, 15) is 19.2 Å². The van der Waals surface area contributed by atoms with Crippen molar-refractivity contribution < 1.29 is 19.2 Å². The van der Waals surface area contributed by atoms with Gasteiger partial charge in [-0.15, -0.1) is 11.3 Å². The molecule has 4 amide bonds. The number of unbranched alkanes of at least 4 members (excludes halogenated alkanes) is 2. The van der Waals surface area contributed by atoms with Crippen LogP contribution in [0.5, 0.6) is 0 Å². The van der Waals surface area contributed by atoms with Gasteiger partial charge in [-0.3, -0.25) is 19.3 Å². The molecule has 2 heterocycles. The summed E-state index contributed by atoms with van der Waals surface area (Å²) in [7, 11) is 0. The van der Waals surface area contributed by atoms with Gasteiger partial charge in [-0.05, 0) is 17.9 Å². The Kier molecular flexibility index (Phi) is 6.48. The Bertz CT molecular complexity index is 602. The van der Waals surface area contributed by atoms with Crippen molar-refractivity contribution in [1.29, 1.82) is 0 Å². The number of nitrogens with zero attached hydrogens (tertiary/aromatic N) is 2. The predicted octanol–water partition coefficient (Wildman–Crippen LogP) is 1.47. The maximum atomic E-state index is 12.2. The lowest BCUT2D eigenvalue weighted by molar-refractivity contribution is -0.153. The second-order valence-corrected chi connectivity index (χ2v) is 6.45. The summed E-state index contributed by atoms with van der Waals surface area (Å²) in [6.45, 7) is 3.02. The number of rotatable bonds is 7. The van der Waals surface area contributed by atoms with Crippen molar-refractivity contribution >= 4 is 35.5 Å². The number of urea groups is 1. The van der Waals surface area contributed by atoms with Gasteiger partial charge in [0.05, 0.1) is 0 Å². The van der Waals surface area contributed by atoms with Crippen LogP contribution in [0.1, 0.15) is 37.1 Å². The molecule has 0 saturated carbocycles. The zero-order chi connectivity index (χ0) is 17.5. The van der Waals surface area contributed by atoms with Gasteiger partial charge in [0.25, 0.3) is 0 Å². The van der Waals surface area contributed by atoms with E-state index in [1.165, 1.54) is 16.2 Å². The number of imide groups is 1. The Labute approximate surface area is 144 Å². The molecular weight excluding hydrogens is 330 g/mol. The van der Waals surface area contributed by atoms with E-state index in [2.05, 4.69) is 12.2 Å². The molecule has 1 atom stereocenters. The quantitative estimate of drug-likeness (QED) is 0.596. The van der Waals surface area contributed by atoms with Crippen LogP contribution >= 0.6 is 11.3 Å². The minimum absolute atomic E-state index is 0.124. The Hall–Kier alpha value is -2.22. The van der Waals surface area contributed by atoms with E-state index < -0.39 is 23.9 Å². The van der Waals surface area contributed by atoms with Crippen LogP contribution in [-0.4, -0.2) is 53.6 Å². The molecule has 1 radical (unpaired) electrons. The fourth-order valence-corrected chi connectivity index (χ4v) is 3.16. The van der Waals surface area contributed by atoms with Crippen LogP contribution < -0.4 is 5.32 Å². The van der Waals surface area contributed by atoms with Crippen molar-refractivity contribution in [1.82, 2.24) is 15.1 Å². The molecule has 0 aromatic carbocycles. The minimum atomic E-state index is -0.942. The lowest BCUT2D eigenvalue weighted by atomic mass is 10.2. The van der Waals surface area contributed by atoms with E-state index in [1.54, 1.807) is 23.8 Å². The van der Waals surface area contributed by atoms with Gasteiger partial charge in [0.15, 0.2) is 0 Å². The minimum Gasteiger partial charge on any atom is -0.333 e. The summed E-state index contributed by atoms with van der Waals surface area (Å²) in [5.74, 6) is -1.53. The maximum Gasteiger partial charge on any atom is 0.325 e. The number of thiophene rings is 1. The number of piperazine rings is 1. The fourth-order valence-electron chi connectivity index (χ4n) is 2.45. The van der Waals surface area contributed by atoms with Gasteiger partial charge in [-0.25, -0.2) is 4.79 Å². The first-order valence-electron chi connectivity index (χ1n) is 7.90.